The summed E-state index contributed by atoms with van der Waals surface area (Å²) in [5.41, 5.74) is 3.71. The van der Waals surface area contributed by atoms with Gasteiger partial charge < -0.3 is 19.8 Å². The van der Waals surface area contributed by atoms with Crippen molar-refractivity contribution in [2.75, 3.05) is 20.3 Å². The summed E-state index contributed by atoms with van der Waals surface area (Å²) in [6.45, 7) is 2.72. The van der Waals surface area contributed by atoms with Gasteiger partial charge in [-0.15, -0.1) is 0 Å². The van der Waals surface area contributed by atoms with Crippen molar-refractivity contribution >= 4 is 16.8 Å². The summed E-state index contributed by atoms with van der Waals surface area (Å²) in [6.07, 6.45) is 2.17. The molecule has 140 valence electrons. The van der Waals surface area contributed by atoms with Crippen molar-refractivity contribution in [3.8, 4) is 11.5 Å². The van der Waals surface area contributed by atoms with Crippen LogP contribution in [0, 0.1) is 6.92 Å². The number of rotatable bonds is 7. The van der Waals surface area contributed by atoms with E-state index in [0.717, 1.165) is 18.4 Å². The van der Waals surface area contributed by atoms with Crippen molar-refractivity contribution < 1.29 is 14.3 Å². The number of methoxy groups -OCH3 is 1. The van der Waals surface area contributed by atoms with Crippen LogP contribution in [-0.2, 0) is 10.2 Å². The van der Waals surface area contributed by atoms with Crippen LogP contribution in [0.4, 0.5) is 0 Å². The third-order valence-corrected chi connectivity index (χ3v) is 5.33. The van der Waals surface area contributed by atoms with Gasteiger partial charge in [0, 0.05) is 28.6 Å². The minimum absolute atomic E-state index is 0.0245. The highest BCUT2D eigenvalue weighted by Crippen LogP contribution is 2.51. The van der Waals surface area contributed by atoms with Gasteiger partial charge in [-0.2, -0.15) is 0 Å². The summed E-state index contributed by atoms with van der Waals surface area (Å²) in [7, 11) is 1.59. The standard InChI is InChI=1S/C22H24N2O3/c1-15-21(16-7-3-4-8-17(16)24-15)22(11-12-22)14-23-20(25)13-27-19-10-6-5-9-18(19)26-2/h3-10,24H,11-14H2,1-2H3,(H,23,25). The molecule has 0 atom stereocenters. The van der Waals surface area contributed by atoms with Gasteiger partial charge >= 0.3 is 0 Å². The number of hydrogen-bond donors (Lipinski definition) is 2. The smallest absolute Gasteiger partial charge is 0.257 e. The largest absolute Gasteiger partial charge is 0.493 e. The fourth-order valence-corrected chi connectivity index (χ4v) is 3.83. The molecule has 5 heteroatoms. The molecule has 0 radical (unpaired) electrons. The van der Waals surface area contributed by atoms with E-state index >= 15 is 0 Å². The Kier molecular flexibility index (Phi) is 4.52. The topological polar surface area (TPSA) is 63.4 Å². The molecular weight excluding hydrogens is 340 g/mol. The van der Waals surface area contributed by atoms with Gasteiger partial charge in [0.15, 0.2) is 18.1 Å². The summed E-state index contributed by atoms with van der Waals surface area (Å²) in [4.78, 5) is 15.8. The summed E-state index contributed by atoms with van der Waals surface area (Å²) in [5, 5.41) is 4.31. The number of ether oxygens (including phenoxy) is 2. The van der Waals surface area contributed by atoms with E-state index in [4.69, 9.17) is 9.47 Å². The van der Waals surface area contributed by atoms with E-state index in [1.807, 2.05) is 24.3 Å². The highest BCUT2D eigenvalue weighted by atomic mass is 16.5. The van der Waals surface area contributed by atoms with Gasteiger partial charge in [-0.25, -0.2) is 0 Å². The van der Waals surface area contributed by atoms with E-state index < -0.39 is 0 Å². The van der Waals surface area contributed by atoms with Crippen molar-refractivity contribution in [1.82, 2.24) is 10.3 Å². The van der Waals surface area contributed by atoms with Crippen molar-refractivity contribution in [2.45, 2.75) is 25.2 Å². The molecule has 1 amide bonds. The number of benzene rings is 2. The van der Waals surface area contributed by atoms with Crippen LogP contribution in [0.25, 0.3) is 10.9 Å². The molecule has 0 bridgehead atoms. The second-order valence-electron chi connectivity index (χ2n) is 7.17. The molecule has 5 nitrogen and oxygen atoms in total. The first kappa shape index (κ1) is 17.5. The SMILES string of the molecule is COc1ccccc1OCC(=O)NCC1(c2c(C)[nH]c3ccccc23)CC1. The van der Waals surface area contributed by atoms with E-state index in [0.29, 0.717) is 18.0 Å². The maximum atomic E-state index is 12.3. The normalized spacial score (nSPS) is 14.7. The molecule has 1 saturated carbocycles. The van der Waals surface area contributed by atoms with Gasteiger partial charge in [0.1, 0.15) is 0 Å². The number of amides is 1. The molecule has 4 rings (SSSR count). The molecular formula is C22H24N2O3. The molecule has 1 aliphatic rings. The molecule has 1 heterocycles. The first-order chi connectivity index (χ1) is 13.1. The van der Waals surface area contributed by atoms with Crippen LogP contribution >= 0.6 is 0 Å². The van der Waals surface area contributed by atoms with Crippen molar-refractivity contribution in [1.29, 1.82) is 0 Å². The molecule has 1 aliphatic carbocycles. The second kappa shape index (κ2) is 6.99. The van der Waals surface area contributed by atoms with Crippen LogP contribution < -0.4 is 14.8 Å². The number of aryl methyl sites for hydroxylation is 1. The van der Waals surface area contributed by atoms with Crippen molar-refractivity contribution in [3.05, 3.63) is 59.8 Å². The summed E-state index contributed by atoms with van der Waals surface area (Å²) >= 11 is 0. The van der Waals surface area contributed by atoms with Crippen LogP contribution in [0.2, 0.25) is 0 Å². The van der Waals surface area contributed by atoms with Gasteiger partial charge in [0.05, 0.1) is 7.11 Å². The van der Waals surface area contributed by atoms with E-state index in [-0.39, 0.29) is 17.9 Å². The van der Waals surface area contributed by atoms with Crippen LogP contribution in [-0.4, -0.2) is 31.2 Å². The van der Waals surface area contributed by atoms with E-state index in [1.54, 1.807) is 13.2 Å². The molecule has 2 N–H and O–H groups in total. The number of nitrogens with one attached hydrogen (secondary N) is 2. The molecule has 27 heavy (non-hydrogen) atoms. The number of para-hydroxylation sites is 3. The molecule has 0 saturated heterocycles. The Labute approximate surface area is 158 Å². The average Bonchev–Trinajstić information content (AvgIpc) is 3.39. The number of H-pyrrole nitrogens is 1. The predicted octanol–water partition coefficient (Wildman–Crippen LogP) is 3.71. The highest BCUT2D eigenvalue weighted by Gasteiger charge is 2.46. The number of hydrogen-bond acceptors (Lipinski definition) is 3. The first-order valence-corrected chi connectivity index (χ1v) is 9.23. The molecule has 0 spiro atoms. The van der Waals surface area contributed by atoms with E-state index in [9.17, 15) is 4.79 Å². The number of carbonyl (C=O) groups excluding carboxylic acids is 1. The Morgan fingerprint density at radius 1 is 1.11 bits per heavy atom. The zero-order chi connectivity index (χ0) is 18.9. The maximum absolute atomic E-state index is 12.3. The Hall–Kier alpha value is -2.95. The lowest BCUT2D eigenvalue weighted by Crippen LogP contribution is -2.35. The first-order valence-electron chi connectivity index (χ1n) is 9.23. The lowest BCUT2D eigenvalue weighted by Gasteiger charge is -2.17. The maximum Gasteiger partial charge on any atom is 0.257 e. The number of aromatic nitrogens is 1. The van der Waals surface area contributed by atoms with Crippen molar-refractivity contribution in [2.24, 2.45) is 0 Å². The van der Waals surface area contributed by atoms with Crippen molar-refractivity contribution in [3.63, 3.8) is 0 Å². The monoisotopic (exact) mass is 364 g/mol. The Bertz CT molecular complexity index is 973. The van der Waals surface area contributed by atoms with Gasteiger partial charge in [-0.3, -0.25) is 4.79 Å². The number of carbonyl (C=O) groups is 1. The fraction of sp³-hybridized carbons (Fsp3) is 0.318. The molecule has 0 unspecified atom stereocenters. The third kappa shape index (κ3) is 3.37. The Balaban J connectivity index is 1.41. The van der Waals surface area contributed by atoms with Crippen LogP contribution in [0.15, 0.2) is 48.5 Å². The molecule has 1 fully saturated rings. The quantitative estimate of drug-likeness (QED) is 0.672. The fourth-order valence-electron chi connectivity index (χ4n) is 3.83. The molecule has 3 aromatic rings. The van der Waals surface area contributed by atoms with Gasteiger partial charge in [0.25, 0.3) is 5.91 Å². The Morgan fingerprint density at radius 3 is 2.56 bits per heavy atom. The van der Waals surface area contributed by atoms with Crippen LogP contribution in [0.3, 0.4) is 0 Å². The summed E-state index contributed by atoms with van der Waals surface area (Å²) in [6, 6.07) is 15.7. The summed E-state index contributed by atoms with van der Waals surface area (Å²) < 4.78 is 10.9. The average molecular weight is 364 g/mol. The van der Waals surface area contributed by atoms with E-state index in [1.165, 1.54) is 16.6 Å². The lowest BCUT2D eigenvalue weighted by atomic mass is 9.93. The van der Waals surface area contributed by atoms with Crippen LogP contribution in [0.1, 0.15) is 24.1 Å². The molecule has 0 aliphatic heterocycles. The zero-order valence-electron chi connectivity index (χ0n) is 15.7. The minimum Gasteiger partial charge on any atom is -0.493 e. The third-order valence-electron chi connectivity index (χ3n) is 5.33. The number of fused-ring (bicyclic) bond motifs is 1. The Morgan fingerprint density at radius 2 is 1.81 bits per heavy atom. The lowest BCUT2D eigenvalue weighted by molar-refractivity contribution is -0.123. The predicted molar refractivity (Wildman–Crippen MR) is 105 cm³/mol. The van der Waals surface area contributed by atoms with Gasteiger partial charge in [-0.1, -0.05) is 30.3 Å². The molecule has 2 aromatic carbocycles. The summed E-state index contributed by atoms with van der Waals surface area (Å²) in [5.74, 6) is 1.08. The van der Waals surface area contributed by atoms with Gasteiger partial charge in [0.2, 0.25) is 0 Å². The minimum atomic E-state index is -0.121. The van der Waals surface area contributed by atoms with Gasteiger partial charge in [-0.05, 0) is 43.5 Å². The highest BCUT2D eigenvalue weighted by molar-refractivity contribution is 5.86. The molecule has 1 aromatic heterocycles. The second-order valence-corrected chi connectivity index (χ2v) is 7.17. The van der Waals surface area contributed by atoms with E-state index in [2.05, 4.69) is 35.4 Å². The van der Waals surface area contributed by atoms with Crippen LogP contribution in [0.5, 0.6) is 11.5 Å². The zero-order valence-corrected chi connectivity index (χ0v) is 15.7. The number of aromatic amines is 1.